The van der Waals surface area contributed by atoms with Crippen molar-refractivity contribution in [1.82, 2.24) is 14.8 Å². The number of aromatic nitrogens is 3. The number of carbonyl (C=O) groups is 2. The molecule has 9 heteroatoms. The molecule has 170 valence electrons. The Kier molecular flexibility index (Phi) is 6.08. The van der Waals surface area contributed by atoms with E-state index in [1.54, 1.807) is 54.9 Å². The highest BCUT2D eigenvalue weighted by molar-refractivity contribution is 8.00. The van der Waals surface area contributed by atoms with Crippen LogP contribution in [-0.4, -0.2) is 39.4 Å². The number of thioether (sulfide) groups is 1. The number of pyridine rings is 1. The molecule has 0 saturated carbocycles. The summed E-state index contributed by atoms with van der Waals surface area (Å²) in [6, 6.07) is 17.9. The predicted octanol–water partition coefficient (Wildman–Crippen LogP) is 5.07. The van der Waals surface area contributed by atoms with E-state index in [0.717, 1.165) is 11.1 Å². The first-order valence-electron chi connectivity index (χ1n) is 10.4. The third-order valence-corrected chi connectivity index (χ3v) is 6.89. The molecule has 4 aromatic rings. The second kappa shape index (κ2) is 9.32. The van der Waals surface area contributed by atoms with Gasteiger partial charge >= 0.3 is 0 Å². The molecular formula is C25H19ClN4O3S. The highest BCUT2D eigenvalue weighted by atomic mass is 35.5. The molecule has 1 atom stereocenters. The summed E-state index contributed by atoms with van der Waals surface area (Å²) in [4.78, 5) is 31.8. The van der Waals surface area contributed by atoms with Crippen LogP contribution in [0.3, 0.4) is 0 Å². The summed E-state index contributed by atoms with van der Waals surface area (Å²) >= 11 is 7.69. The van der Waals surface area contributed by atoms with Crippen LogP contribution in [-0.2, 0) is 4.79 Å². The standard InChI is InChI=1S/C25H19ClN4O3S/c1-33-20-7-5-16(6-8-20)23-21(14-29(28-23)24(32)17-9-11-27-12-10-17)25-30(22(31)15-34-25)19-4-2-3-18(26)13-19/h2-14,25H,15H2,1H3. The van der Waals surface area contributed by atoms with Gasteiger partial charge in [-0.1, -0.05) is 17.7 Å². The summed E-state index contributed by atoms with van der Waals surface area (Å²) in [5.74, 6) is 0.699. The number of carbonyl (C=O) groups excluding carboxylic acids is 2. The first-order valence-corrected chi connectivity index (χ1v) is 11.9. The quantitative estimate of drug-likeness (QED) is 0.388. The molecule has 34 heavy (non-hydrogen) atoms. The maximum Gasteiger partial charge on any atom is 0.278 e. The molecule has 0 radical (unpaired) electrons. The van der Waals surface area contributed by atoms with Crippen LogP contribution in [0.1, 0.15) is 21.3 Å². The van der Waals surface area contributed by atoms with Crippen molar-refractivity contribution in [2.45, 2.75) is 5.37 Å². The van der Waals surface area contributed by atoms with Crippen molar-refractivity contribution in [3.63, 3.8) is 0 Å². The van der Waals surface area contributed by atoms with E-state index in [4.69, 9.17) is 16.3 Å². The number of halogens is 1. The first-order chi connectivity index (χ1) is 16.5. The molecule has 7 nitrogen and oxygen atoms in total. The Morgan fingerprint density at radius 1 is 1.12 bits per heavy atom. The van der Waals surface area contributed by atoms with Crippen molar-refractivity contribution >= 4 is 40.9 Å². The Bertz CT molecular complexity index is 1360. The second-order valence-corrected chi connectivity index (χ2v) is 9.06. The van der Waals surface area contributed by atoms with Gasteiger partial charge in [0, 0.05) is 46.0 Å². The number of methoxy groups -OCH3 is 1. The molecule has 1 aliphatic heterocycles. The van der Waals surface area contributed by atoms with Crippen LogP contribution in [0.15, 0.2) is 79.3 Å². The zero-order valence-electron chi connectivity index (χ0n) is 18.1. The number of anilines is 1. The van der Waals surface area contributed by atoms with Crippen molar-refractivity contribution in [1.29, 1.82) is 0 Å². The van der Waals surface area contributed by atoms with Gasteiger partial charge in [-0.15, -0.1) is 11.8 Å². The summed E-state index contributed by atoms with van der Waals surface area (Å²) in [7, 11) is 1.60. The van der Waals surface area contributed by atoms with Crippen molar-refractivity contribution in [2.75, 3.05) is 17.8 Å². The topological polar surface area (TPSA) is 77.3 Å². The van der Waals surface area contributed by atoms with Crippen LogP contribution in [0.4, 0.5) is 5.69 Å². The van der Waals surface area contributed by atoms with Crippen LogP contribution in [0, 0.1) is 0 Å². The second-order valence-electron chi connectivity index (χ2n) is 7.55. The average molecular weight is 491 g/mol. The third kappa shape index (κ3) is 4.18. The number of hydrogen-bond acceptors (Lipinski definition) is 6. The summed E-state index contributed by atoms with van der Waals surface area (Å²) in [5.41, 5.74) is 3.34. The molecule has 1 unspecified atom stereocenters. The molecule has 2 aromatic carbocycles. The fourth-order valence-corrected chi connectivity index (χ4v) is 5.20. The maximum absolute atomic E-state index is 13.2. The molecular weight excluding hydrogens is 472 g/mol. The van der Waals surface area contributed by atoms with Crippen molar-refractivity contribution in [3.8, 4) is 17.0 Å². The molecule has 1 fully saturated rings. The van der Waals surface area contributed by atoms with E-state index in [0.29, 0.717) is 33.5 Å². The van der Waals surface area contributed by atoms with E-state index in [9.17, 15) is 9.59 Å². The van der Waals surface area contributed by atoms with E-state index in [-0.39, 0.29) is 17.2 Å². The van der Waals surface area contributed by atoms with E-state index < -0.39 is 0 Å². The monoisotopic (exact) mass is 490 g/mol. The van der Waals surface area contributed by atoms with E-state index >= 15 is 0 Å². The molecule has 1 amide bonds. The smallest absolute Gasteiger partial charge is 0.278 e. The van der Waals surface area contributed by atoms with E-state index in [1.165, 1.54) is 16.4 Å². The maximum atomic E-state index is 13.2. The Morgan fingerprint density at radius 2 is 1.88 bits per heavy atom. The number of hydrogen-bond donors (Lipinski definition) is 0. The van der Waals surface area contributed by atoms with Crippen LogP contribution >= 0.6 is 23.4 Å². The molecule has 0 bridgehead atoms. The molecule has 1 aliphatic rings. The Hall–Kier alpha value is -3.62. The summed E-state index contributed by atoms with van der Waals surface area (Å²) in [6.07, 6.45) is 4.83. The van der Waals surface area contributed by atoms with Gasteiger partial charge in [-0.25, -0.2) is 4.68 Å². The lowest BCUT2D eigenvalue weighted by Gasteiger charge is -2.24. The van der Waals surface area contributed by atoms with Gasteiger partial charge in [0.25, 0.3) is 5.91 Å². The number of amides is 1. The summed E-state index contributed by atoms with van der Waals surface area (Å²) < 4.78 is 6.60. The van der Waals surface area contributed by atoms with Crippen LogP contribution in [0.2, 0.25) is 5.02 Å². The molecule has 0 aliphatic carbocycles. The van der Waals surface area contributed by atoms with Gasteiger partial charge in [0.15, 0.2) is 0 Å². The van der Waals surface area contributed by atoms with Crippen LogP contribution < -0.4 is 9.64 Å². The highest BCUT2D eigenvalue weighted by Gasteiger charge is 2.37. The minimum Gasteiger partial charge on any atom is -0.497 e. The minimum atomic E-state index is -0.373. The summed E-state index contributed by atoms with van der Waals surface area (Å²) in [5, 5.41) is 4.82. The fourth-order valence-electron chi connectivity index (χ4n) is 3.83. The third-order valence-electron chi connectivity index (χ3n) is 5.46. The van der Waals surface area contributed by atoms with Crippen molar-refractivity contribution < 1.29 is 14.3 Å². The molecule has 0 N–H and O–H groups in total. The fraction of sp³-hybridized carbons (Fsp3) is 0.120. The van der Waals surface area contributed by atoms with Gasteiger partial charge in [0.1, 0.15) is 11.1 Å². The van der Waals surface area contributed by atoms with Crippen molar-refractivity contribution in [2.24, 2.45) is 0 Å². The lowest BCUT2D eigenvalue weighted by atomic mass is 10.1. The Labute approximate surface area is 205 Å². The van der Waals surface area contributed by atoms with Gasteiger partial charge in [-0.2, -0.15) is 5.10 Å². The van der Waals surface area contributed by atoms with E-state index in [1.807, 2.05) is 36.4 Å². The van der Waals surface area contributed by atoms with Crippen LogP contribution in [0.5, 0.6) is 5.75 Å². The normalized spacial score (nSPS) is 15.5. The zero-order chi connectivity index (χ0) is 23.7. The van der Waals surface area contributed by atoms with Gasteiger partial charge in [0.2, 0.25) is 5.91 Å². The number of benzene rings is 2. The summed E-state index contributed by atoms with van der Waals surface area (Å²) in [6.45, 7) is 0. The van der Waals surface area contributed by atoms with Gasteiger partial charge < -0.3 is 4.74 Å². The molecule has 0 spiro atoms. The van der Waals surface area contributed by atoms with Crippen LogP contribution in [0.25, 0.3) is 11.3 Å². The SMILES string of the molecule is COc1ccc(-c2nn(C(=O)c3ccncc3)cc2C2SCC(=O)N2c2cccc(Cl)c2)cc1. The number of ether oxygens (including phenoxy) is 1. The molecule has 3 heterocycles. The number of nitrogens with zero attached hydrogens (tertiary/aromatic N) is 4. The largest absolute Gasteiger partial charge is 0.497 e. The first kappa shape index (κ1) is 22.2. The van der Waals surface area contributed by atoms with Crippen molar-refractivity contribution in [3.05, 3.63) is 95.4 Å². The van der Waals surface area contributed by atoms with Gasteiger partial charge in [0.05, 0.1) is 18.6 Å². The molecule has 1 saturated heterocycles. The lowest BCUT2D eigenvalue weighted by Crippen LogP contribution is -2.27. The zero-order valence-corrected chi connectivity index (χ0v) is 19.7. The highest BCUT2D eigenvalue weighted by Crippen LogP contribution is 2.45. The van der Waals surface area contributed by atoms with Gasteiger partial charge in [-0.3, -0.25) is 19.5 Å². The lowest BCUT2D eigenvalue weighted by molar-refractivity contribution is -0.115. The Balaban J connectivity index is 1.63. The minimum absolute atomic E-state index is 0.0360. The molecule has 5 rings (SSSR count). The average Bonchev–Trinajstić information content (AvgIpc) is 3.48. The number of rotatable bonds is 5. The predicted molar refractivity (Wildman–Crippen MR) is 132 cm³/mol. The molecule has 2 aromatic heterocycles. The Morgan fingerprint density at radius 3 is 2.59 bits per heavy atom. The van der Waals surface area contributed by atoms with E-state index in [2.05, 4.69) is 10.1 Å². The van der Waals surface area contributed by atoms with Gasteiger partial charge in [-0.05, 0) is 54.6 Å².